The molecule has 0 radical (unpaired) electrons. The topological polar surface area (TPSA) is 72.9 Å². The summed E-state index contributed by atoms with van der Waals surface area (Å²) in [5.41, 5.74) is 0. The van der Waals surface area contributed by atoms with E-state index in [-0.39, 0.29) is 24.0 Å². The number of methoxy groups -OCH3 is 1. The minimum absolute atomic E-state index is 0.0241. The van der Waals surface area contributed by atoms with Gasteiger partial charge in [0.25, 0.3) is 10.0 Å². The largest absolute Gasteiger partial charge is 0.468 e. The normalized spacial score (nSPS) is 21.3. The third kappa shape index (κ3) is 2.81. The van der Waals surface area contributed by atoms with Crippen molar-refractivity contribution in [3.63, 3.8) is 0 Å². The van der Waals surface area contributed by atoms with Crippen molar-refractivity contribution in [3.05, 3.63) is 17.0 Å². The number of thiophene rings is 1. The van der Waals surface area contributed by atoms with Crippen LogP contribution in [0.1, 0.15) is 4.88 Å². The lowest BCUT2D eigenvalue weighted by Gasteiger charge is -2.32. The van der Waals surface area contributed by atoms with Crippen LogP contribution in [0.4, 0.5) is 0 Å². The van der Waals surface area contributed by atoms with Crippen LogP contribution in [0.25, 0.3) is 0 Å². The maximum atomic E-state index is 12.5. The van der Waals surface area contributed by atoms with Gasteiger partial charge in [-0.25, -0.2) is 8.42 Å². The SMILES string of the molecule is COC(=O)C1COCCN1S(=O)(=O)c1ccc(C)s1. The highest BCUT2D eigenvalue weighted by Gasteiger charge is 2.39. The van der Waals surface area contributed by atoms with Crippen molar-refractivity contribution in [2.75, 3.05) is 26.9 Å². The highest BCUT2D eigenvalue weighted by atomic mass is 32.2. The van der Waals surface area contributed by atoms with Crippen LogP contribution in [-0.2, 0) is 24.3 Å². The third-order valence-corrected chi connectivity index (χ3v) is 6.21. The molecule has 1 aliphatic heterocycles. The van der Waals surface area contributed by atoms with Crippen LogP contribution in [0, 0.1) is 6.92 Å². The van der Waals surface area contributed by atoms with E-state index in [2.05, 4.69) is 4.74 Å². The summed E-state index contributed by atoms with van der Waals surface area (Å²) in [6, 6.07) is 2.38. The molecule has 0 spiro atoms. The first-order valence-electron chi connectivity index (χ1n) is 5.70. The number of carbonyl (C=O) groups excluding carboxylic acids is 1. The zero-order valence-corrected chi connectivity index (χ0v) is 12.3. The van der Waals surface area contributed by atoms with Crippen molar-refractivity contribution in [3.8, 4) is 0 Å². The molecule has 19 heavy (non-hydrogen) atoms. The van der Waals surface area contributed by atoms with E-state index < -0.39 is 22.0 Å². The number of rotatable bonds is 3. The Morgan fingerprint density at radius 1 is 1.53 bits per heavy atom. The smallest absolute Gasteiger partial charge is 0.326 e. The maximum Gasteiger partial charge on any atom is 0.326 e. The summed E-state index contributed by atoms with van der Waals surface area (Å²) >= 11 is 1.19. The van der Waals surface area contributed by atoms with E-state index in [4.69, 9.17) is 4.74 Å². The van der Waals surface area contributed by atoms with E-state index >= 15 is 0 Å². The van der Waals surface area contributed by atoms with Gasteiger partial charge in [-0.3, -0.25) is 4.79 Å². The first-order chi connectivity index (χ1) is 8.96. The minimum atomic E-state index is -3.67. The molecule has 8 heteroatoms. The first kappa shape index (κ1) is 14.4. The van der Waals surface area contributed by atoms with Crippen LogP contribution < -0.4 is 0 Å². The molecule has 0 N–H and O–H groups in total. The molecule has 1 unspecified atom stereocenters. The molecule has 6 nitrogen and oxygen atoms in total. The zero-order chi connectivity index (χ0) is 14.0. The Kier molecular flexibility index (Phi) is 4.24. The standard InChI is InChI=1S/C11H15NO5S2/c1-8-3-4-10(18-8)19(14,15)12-5-6-17-7-9(12)11(13)16-2/h3-4,9H,5-7H2,1-2H3. The van der Waals surface area contributed by atoms with Gasteiger partial charge in [-0.05, 0) is 19.1 Å². The van der Waals surface area contributed by atoms with E-state index in [1.807, 2.05) is 6.92 Å². The van der Waals surface area contributed by atoms with E-state index in [1.165, 1.54) is 18.4 Å². The van der Waals surface area contributed by atoms with Gasteiger partial charge in [-0.1, -0.05) is 0 Å². The summed E-state index contributed by atoms with van der Waals surface area (Å²) in [5, 5.41) is 0. The second-order valence-corrected chi connectivity index (χ2v) is 7.50. The molecule has 0 aliphatic carbocycles. The van der Waals surface area contributed by atoms with Crippen molar-refractivity contribution in [2.24, 2.45) is 0 Å². The van der Waals surface area contributed by atoms with Gasteiger partial charge in [0.05, 0.1) is 20.3 Å². The van der Waals surface area contributed by atoms with Gasteiger partial charge >= 0.3 is 5.97 Å². The first-order valence-corrected chi connectivity index (χ1v) is 7.96. The number of esters is 1. The molecular weight excluding hydrogens is 290 g/mol. The van der Waals surface area contributed by atoms with Crippen molar-refractivity contribution in [1.29, 1.82) is 0 Å². The predicted octanol–water partition coefficient (Wildman–Crippen LogP) is 0.619. The molecule has 0 aromatic carbocycles. The van der Waals surface area contributed by atoms with Crippen LogP contribution in [-0.4, -0.2) is 51.6 Å². The molecule has 1 aliphatic rings. The Bertz CT molecular complexity index is 565. The van der Waals surface area contributed by atoms with Crippen LogP contribution in [0.3, 0.4) is 0 Å². The molecule has 106 valence electrons. The Morgan fingerprint density at radius 3 is 2.84 bits per heavy atom. The van der Waals surface area contributed by atoms with Gasteiger partial charge in [-0.2, -0.15) is 4.31 Å². The van der Waals surface area contributed by atoms with E-state index in [0.29, 0.717) is 0 Å². The molecule has 1 aromatic heterocycles. The quantitative estimate of drug-likeness (QED) is 0.765. The summed E-state index contributed by atoms with van der Waals surface area (Å²) in [4.78, 5) is 12.6. The lowest BCUT2D eigenvalue weighted by molar-refractivity contribution is -0.149. The van der Waals surface area contributed by atoms with Gasteiger partial charge in [0.1, 0.15) is 10.3 Å². The summed E-state index contributed by atoms with van der Waals surface area (Å²) in [7, 11) is -2.44. The van der Waals surface area contributed by atoms with Crippen LogP contribution >= 0.6 is 11.3 Å². The number of ether oxygens (including phenoxy) is 2. The molecule has 1 aromatic rings. The third-order valence-electron chi connectivity index (χ3n) is 2.83. The number of carbonyl (C=O) groups is 1. The highest BCUT2D eigenvalue weighted by Crippen LogP contribution is 2.27. The molecule has 1 saturated heterocycles. The Morgan fingerprint density at radius 2 is 2.26 bits per heavy atom. The Labute approximate surface area is 116 Å². The molecule has 2 heterocycles. The molecule has 1 fully saturated rings. The predicted molar refractivity (Wildman–Crippen MR) is 69.6 cm³/mol. The van der Waals surface area contributed by atoms with Crippen LogP contribution in [0.15, 0.2) is 16.3 Å². The number of morpholine rings is 1. The fourth-order valence-corrected chi connectivity index (χ4v) is 4.82. The number of nitrogens with zero attached hydrogens (tertiary/aromatic N) is 1. The number of hydrogen-bond donors (Lipinski definition) is 0. The van der Waals surface area contributed by atoms with Gasteiger partial charge in [0.15, 0.2) is 0 Å². The summed E-state index contributed by atoms with van der Waals surface area (Å²) in [6.45, 7) is 2.28. The summed E-state index contributed by atoms with van der Waals surface area (Å²) in [5.74, 6) is -0.600. The van der Waals surface area contributed by atoms with E-state index in [9.17, 15) is 13.2 Å². The van der Waals surface area contributed by atoms with E-state index in [0.717, 1.165) is 9.18 Å². The van der Waals surface area contributed by atoms with Gasteiger partial charge in [0, 0.05) is 11.4 Å². The second kappa shape index (κ2) is 5.58. The maximum absolute atomic E-state index is 12.5. The average molecular weight is 305 g/mol. The summed E-state index contributed by atoms with van der Waals surface area (Å²) in [6.07, 6.45) is 0. The fraction of sp³-hybridized carbons (Fsp3) is 0.545. The lowest BCUT2D eigenvalue weighted by Crippen LogP contribution is -2.52. The van der Waals surface area contributed by atoms with Crippen molar-refractivity contribution < 1.29 is 22.7 Å². The molecule has 1 atom stereocenters. The Balaban J connectivity index is 2.34. The number of sulfonamides is 1. The number of hydrogen-bond acceptors (Lipinski definition) is 6. The number of aryl methyl sites for hydroxylation is 1. The van der Waals surface area contributed by atoms with Crippen molar-refractivity contribution in [1.82, 2.24) is 4.31 Å². The highest BCUT2D eigenvalue weighted by molar-refractivity contribution is 7.91. The lowest BCUT2D eigenvalue weighted by atomic mass is 10.3. The second-order valence-electron chi connectivity index (χ2n) is 4.09. The van der Waals surface area contributed by atoms with E-state index in [1.54, 1.807) is 12.1 Å². The van der Waals surface area contributed by atoms with Gasteiger partial charge in [-0.15, -0.1) is 11.3 Å². The molecule has 0 amide bonds. The van der Waals surface area contributed by atoms with Crippen LogP contribution in [0.5, 0.6) is 0 Å². The molecule has 0 bridgehead atoms. The van der Waals surface area contributed by atoms with Crippen LogP contribution in [0.2, 0.25) is 0 Å². The van der Waals surface area contributed by atoms with Crippen molar-refractivity contribution in [2.45, 2.75) is 17.2 Å². The van der Waals surface area contributed by atoms with Gasteiger partial charge in [0.2, 0.25) is 0 Å². The fourth-order valence-electron chi connectivity index (χ4n) is 1.86. The van der Waals surface area contributed by atoms with Crippen molar-refractivity contribution >= 4 is 27.3 Å². The monoisotopic (exact) mass is 305 g/mol. The molecule has 0 saturated carbocycles. The van der Waals surface area contributed by atoms with Gasteiger partial charge < -0.3 is 9.47 Å². The summed E-state index contributed by atoms with van der Waals surface area (Å²) < 4.78 is 36.2. The average Bonchev–Trinajstić information content (AvgIpc) is 2.85. The Hall–Kier alpha value is -0.960. The molecular formula is C11H15NO5S2. The zero-order valence-electron chi connectivity index (χ0n) is 10.7. The minimum Gasteiger partial charge on any atom is -0.468 e. The molecule has 2 rings (SSSR count).